The van der Waals surface area contributed by atoms with Crippen LogP contribution in [-0.4, -0.2) is 64.3 Å². The molecule has 6 nitrogen and oxygen atoms in total. The molecule has 1 amide bonds. The van der Waals surface area contributed by atoms with E-state index >= 15 is 0 Å². The van der Waals surface area contributed by atoms with Crippen LogP contribution in [0.2, 0.25) is 0 Å². The van der Waals surface area contributed by atoms with Crippen molar-refractivity contribution >= 4 is 5.91 Å². The van der Waals surface area contributed by atoms with E-state index in [0.717, 1.165) is 52.1 Å². The van der Waals surface area contributed by atoms with Crippen LogP contribution in [0, 0.1) is 0 Å². The van der Waals surface area contributed by atoms with Crippen molar-refractivity contribution in [2.24, 2.45) is 7.05 Å². The highest BCUT2D eigenvalue weighted by Crippen LogP contribution is 2.22. The Hall–Kier alpha value is -1.40. The maximum Gasteiger partial charge on any atom is 0.240 e. The molecule has 0 saturated carbocycles. The monoisotopic (exact) mass is 277 g/mol. The summed E-state index contributed by atoms with van der Waals surface area (Å²) < 4.78 is 1.82. The average Bonchev–Trinajstić information content (AvgIpc) is 3.09. The molecule has 1 unspecified atom stereocenters. The molecule has 0 radical (unpaired) electrons. The van der Waals surface area contributed by atoms with E-state index in [-0.39, 0.29) is 6.04 Å². The topological polar surface area (TPSA) is 53.4 Å². The van der Waals surface area contributed by atoms with E-state index in [2.05, 4.69) is 15.3 Å². The zero-order chi connectivity index (χ0) is 13.9. The van der Waals surface area contributed by atoms with Gasteiger partial charge in [-0.1, -0.05) is 0 Å². The van der Waals surface area contributed by atoms with E-state index in [1.807, 2.05) is 29.0 Å². The minimum Gasteiger partial charge on any atom is -0.339 e. The Morgan fingerprint density at radius 2 is 2.20 bits per heavy atom. The first-order chi connectivity index (χ1) is 9.74. The number of hydrogen-bond donors (Lipinski definition) is 1. The van der Waals surface area contributed by atoms with Gasteiger partial charge in [-0.3, -0.25) is 14.4 Å². The molecule has 0 spiro atoms. The molecule has 1 aromatic heterocycles. The van der Waals surface area contributed by atoms with Gasteiger partial charge in [-0.15, -0.1) is 0 Å². The summed E-state index contributed by atoms with van der Waals surface area (Å²) in [5.41, 5.74) is 1.19. The first-order valence-corrected chi connectivity index (χ1v) is 7.45. The van der Waals surface area contributed by atoms with Crippen LogP contribution in [0.4, 0.5) is 0 Å². The highest BCUT2D eigenvalue weighted by Gasteiger charge is 2.34. The van der Waals surface area contributed by atoms with E-state index < -0.39 is 0 Å². The van der Waals surface area contributed by atoms with Crippen LogP contribution in [-0.2, 0) is 18.4 Å². The average molecular weight is 277 g/mol. The molecule has 1 N–H and O–H groups in total. The van der Waals surface area contributed by atoms with Gasteiger partial charge < -0.3 is 10.2 Å². The van der Waals surface area contributed by atoms with Gasteiger partial charge in [0.1, 0.15) is 0 Å². The molecule has 6 heteroatoms. The molecule has 20 heavy (non-hydrogen) atoms. The number of carbonyl (C=O) groups is 1. The molecule has 3 rings (SSSR count). The summed E-state index contributed by atoms with van der Waals surface area (Å²) in [4.78, 5) is 17.0. The summed E-state index contributed by atoms with van der Waals surface area (Å²) >= 11 is 0. The van der Waals surface area contributed by atoms with Gasteiger partial charge in [0.25, 0.3) is 0 Å². The van der Waals surface area contributed by atoms with Crippen molar-refractivity contribution in [3.8, 4) is 0 Å². The smallest absolute Gasteiger partial charge is 0.240 e. The zero-order valence-corrected chi connectivity index (χ0v) is 12.1. The maximum absolute atomic E-state index is 12.6. The Morgan fingerprint density at radius 1 is 1.40 bits per heavy atom. The zero-order valence-electron chi connectivity index (χ0n) is 12.1. The Bertz CT molecular complexity index is 466. The van der Waals surface area contributed by atoms with Crippen molar-refractivity contribution in [3.63, 3.8) is 0 Å². The fraction of sp³-hybridized carbons (Fsp3) is 0.714. The molecule has 0 aromatic carbocycles. The predicted octanol–water partition coefficient (Wildman–Crippen LogP) is -0.184. The van der Waals surface area contributed by atoms with Crippen molar-refractivity contribution in [2.75, 3.05) is 32.7 Å². The molecule has 1 atom stereocenters. The van der Waals surface area contributed by atoms with Crippen LogP contribution in [0.5, 0.6) is 0 Å². The molecule has 2 fully saturated rings. The van der Waals surface area contributed by atoms with Crippen LogP contribution in [0.3, 0.4) is 0 Å². The number of nitrogens with one attached hydrogen (secondary N) is 1. The van der Waals surface area contributed by atoms with Gasteiger partial charge in [0.15, 0.2) is 0 Å². The lowest BCUT2D eigenvalue weighted by molar-refractivity contribution is -0.136. The van der Waals surface area contributed by atoms with E-state index in [1.54, 1.807) is 0 Å². The van der Waals surface area contributed by atoms with Crippen molar-refractivity contribution in [2.45, 2.75) is 25.4 Å². The number of aromatic nitrogens is 2. The van der Waals surface area contributed by atoms with Crippen molar-refractivity contribution in [1.82, 2.24) is 24.9 Å². The van der Waals surface area contributed by atoms with Gasteiger partial charge in [-0.25, -0.2) is 0 Å². The first-order valence-electron chi connectivity index (χ1n) is 7.45. The minimum absolute atomic E-state index is 0.0632. The summed E-state index contributed by atoms with van der Waals surface area (Å²) in [5, 5.41) is 7.50. The Morgan fingerprint density at radius 3 is 2.90 bits per heavy atom. The van der Waals surface area contributed by atoms with E-state index in [1.165, 1.54) is 5.56 Å². The van der Waals surface area contributed by atoms with Gasteiger partial charge in [0.05, 0.1) is 12.2 Å². The number of piperazine rings is 1. The third-order valence-electron chi connectivity index (χ3n) is 4.22. The van der Waals surface area contributed by atoms with Crippen LogP contribution in [0.15, 0.2) is 12.4 Å². The maximum atomic E-state index is 12.6. The summed E-state index contributed by atoms with van der Waals surface area (Å²) in [6, 6.07) is 0.0632. The van der Waals surface area contributed by atoms with Crippen LogP contribution in [0.1, 0.15) is 18.4 Å². The second-order valence-corrected chi connectivity index (χ2v) is 5.73. The highest BCUT2D eigenvalue weighted by atomic mass is 16.2. The minimum atomic E-state index is 0.0632. The van der Waals surface area contributed by atoms with Gasteiger partial charge in [0, 0.05) is 51.5 Å². The van der Waals surface area contributed by atoms with Crippen LogP contribution >= 0.6 is 0 Å². The molecule has 2 aliphatic rings. The van der Waals surface area contributed by atoms with E-state index in [9.17, 15) is 4.79 Å². The van der Waals surface area contributed by atoms with Gasteiger partial charge in [-0.2, -0.15) is 5.10 Å². The number of carbonyl (C=O) groups excluding carboxylic acids is 1. The van der Waals surface area contributed by atoms with Crippen molar-refractivity contribution < 1.29 is 4.79 Å². The normalized spacial score (nSPS) is 24.2. The molecule has 0 bridgehead atoms. The third kappa shape index (κ3) is 2.86. The fourth-order valence-corrected chi connectivity index (χ4v) is 3.18. The van der Waals surface area contributed by atoms with Gasteiger partial charge in [0.2, 0.25) is 5.91 Å². The largest absolute Gasteiger partial charge is 0.339 e. The fourth-order valence-electron chi connectivity index (χ4n) is 3.18. The summed E-state index contributed by atoms with van der Waals surface area (Å²) in [6.45, 7) is 5.36. The lowest BCUT2D eigenvalue weighted by atomic mass is 10.1. The number of nitrogens with zero attached hydrogens (tertiary/aromatic N) is 4. The predicted molar refractivity (Wildman–Crippen MR) is 76.1 cm³/mol. The number of likely N-dealkylation sites (tertiary alicyclic amines) is 1. The second kappa shape index (κ2) is 5.93. The molecule has 2 saturated heterocycles. The quantitative estimate of drug-likeness (QED) is 0.832. The first kappa shape index (κ1) is 13.6. The third-order valence-corrected chi connectivity index (χ3v) is 4.22. The summed E-state index contributed by atoms with van der Waals surface area (Å²) in [7, 11) is 1.93. The van der Waals surface area contributed by atoms with E-state index in [0.29, 0.717) is 5.91 Å². The molecule has 2 aliphatic heterocycles. The van der Waals surface area contributed by atoms with Gasteiger partial charge in [-0.05, 0) is 19.4 Å². The Labute approximate surface area is 119 Å². The molecule has 1 aromatic rings. The van der Waals surface area contributed by atoms with Crippen LogP contribution < -0.4 is 5.32 Å². The van der Waals surface area contributed by atoms with Gasteiger partial charge >= 0.3 is 0 Å². The lowest BCUT2D eigenvalue weighted by Gasteiger charge is -2.32. The Balaban J connectivity index is 1.63. The molecule has 110 valence electrons. The summed E-state index contributed by atoms with van der Waals surface area (Å²) in [5.74, 6) is 0.313. The molecule has 0 aliphatic carbocycles. The number of hydrogen-bond acceptors (Lipinski definition) is 4. The lowest BCUT2D eigenvalue weighted by Crippen LogP contribution is -2.52. The van der Waals surface area contributed by atoms with Crippen molar-refractivity contribution in [1.29, 1.82) is 0 Å². The molecular formula is C14H23N5O. The Kier molecular flexibility index (Phi) is 4.03. The number of rotatable bonds is 3. The van der Waals surface area contributed by atoms with Crippen LogP contribution in [0.25, 0.3) is 0 Å². The highest BCUT2D eigenvalue weighted by molar-refractivity contribution is 5.82. The molecule has 3 heterocycles. The van der Waals surface area contributed by atoms with E-state index in [4.69, 9.17) is 0 Å². The SMILES string of the molecule is Cn1cc(CN2CCCC2C(=O)N2CCNCC2)cn1. The number of aryl methyl sites for hydroxylation is 1. The van der Waals surface area contributed by atoms with Crippen molar-refractivity contribution in [3.05, 3.63) is 18.0 Å². The summed E-state index contributed by atoms with van der Waals surface area (Å²) in [6.07, 6.45) is 6.03. The standard InChI is InChI=1S/C14H23N5O/c1-17-10-12(9-16-17)11-19-6-2-3-13(19)14(20)18-7-4-15-5-8-18/h9-10,13,15H,2-8,11H2,1H3. The number of amides is 1. The molecular weight excluding hydrogens is 254 g/mol. The second-order valence-electron chi connectivity index (χ2n) is 5.73.